The maximum Gasteiger partial charge on any atom is 0.155 e. The van der Waals surface area contributed by atoms with Crippen LogP contribution in [0.1, 0.15) is 0 Å². The summed E-state index contributed by atoms with van der Waals surface area (Å²) in [7, 11) is 0. The van der Waals surface area contributed by atoms with Gasteiger partial charge in [0, 0.05) is 17.6 Å². The van der Waals surface area contributed by atoms with Crippen molar-refractivity contribution in [1.29, 1.82) is 0 Å². The Labute approximate surface area is 123 Å². The van der Waals surface area contributed by atoms with Gasteiger partial charge in [-0.1, -0.05) is 17.3 Å². The maximum atomic E-state index is 9.21. The van der Waals surface area contributed by atoms with Crippen molar-refractivity contribution in [2.75, 3.05) is 0 Å². The zero-order valence-corrected chi connectivity index (χ0v) is 11.7. The summed E-state index contributed by atoms with van der Waals surface area (Å²) in [4.78, 5) is 4.42. The van der Waals surface area contributed by atoms with Crippen molar-refractivity contribution < 1.29 is 9.62 Å². The van der Waals surface area contributed by atoms with E-state index in [2.05, 4.69) is 10.1 Å². The summed E-state index contributed by atoms with van der Waals surface area (Å²) >= 11 is 1.65. The molecule has 0 atom stereocenters. The zero-order chi connectivity index (χ0) is 14.2. The van der Waals surface area contributed by atoms with E-state index in [1.165, 1.54) is 0 Å². The predicted octanol–water partition coefficient (Wildman–Crippen LogP) is 4.00. The molecule has 0 radical (unpaired) electrons. The van der Waals surface area contributed by atoms with Crippen LogP contribution in [0.5, 0.6) is 0 Å². The quantitative estimate of drug-likeness (QED) is 0.426. The smallest absolute Gasteiger partial charge is 0.155 e. The Kier molecular flexibility index (Phi) is 2.72. The average molecular weight is 294 g/mol. The molecule has 102 valence electrons. The molecule has 0 aliphatic carbocycles. The largest absolute Gasteiger partial charge is 0.454 e. The Morgan fingerprint density at radius 3 is 2.95 bits per heavy atom. The number of para-hydroxylation sites is 1. The molecule has 4 rings (SSSR count). The van der Waals surface area contributed by atoms with E-state index in [-0.39, 0.29) is 0 Å². The van der Waals surface area contributed by atoms with Gasteiger partial charge < -0.3 is 9.62 Å². The second kappa shape index (κ2) is 4.71. The summed E-state index contributed by atoms with van der Waals surface area (Å²) < 4.78 is 7.02. The van der Waals surface area contributed by atoms with Crippen LogP contribution in [-0.4, -0.2) is 10.2 Å². The van der Waals surface area contributed by atoms with Crippen LogP contribution < -0.4 is 5.36 Å². The van der Waals surface area contributed by atoms with Crippen molar-refractivity contribution in [2.24, 2.45) is 5.16 Å². The molecule has 0 bridgehead atoms. The van der Waals surface area contributed by atoms with Crippen LogP contribution in [0.25, 0.3) is 32.5 Å². The fourth-order valence-corrected chi connectivity index (χ4v) is 3.07. The van der Waals surface area contributed by atoms with Crippen molar-refractivity contribution in [3.63, 3.8) is 0 Å². The van der Waals surface area contributed by atoms with Crippen LogP contribution in [0.4, 0.5) is 0 Å². The molecule has 1 aromatic carbocycles. The number of hydrogen-bond acceptors (Lipinski definition) is 5. The molecule has 0 unspecified atom stereocenters. The summed E-state index contributed by atoms with van der Waals surface area (Å²) in [6.45, 7) is 0. The van der Waals surface area contributed by atoms with Gasteiger partial charge in [0.1, 0.15) is 16.6 Å². The molecule has 4 nitrogen and oxygen atoms in total. The SMILES string of the molecule is O/N=c1\cc(-c2cc3ccsc3cn2)oc2ccccc12. The molecule has 21 heavy (non-hydrogen) atoms. The van der Waals surface area contributed by atoms with Gasteiger partial charge in [0.25, 0.3) is 0 Å². The van der Waals surface area contributed by atoms with Crippen LogP contribution in [0, 0.1) is 0 Å². The van der Waals surface area contributed by atoms with E-state index in [0.717, 1.165) is 21.2 Å². The number of fused-ring (bicyclic) bond motifs is 2. The van der Waals surface area contributed by atoms with Crippen LogP contribution in [0.3, 0.4) is 0 Å². The van der Waals surface area contributed by atoms with Crippen molar-refractivity contribution >= 4 is 32.4 Å². The Morgan fingerprint density at radius 2 is 2.05 bits per heavy atom. The van der Waals surface area contributed by atoms with E-state index in [9.17, 15) is 5.21 Å². The molecule has 1 N–H and O–H groups in total. The molecule has 0 amide bonds. The molecule has 0 aliphatic rings. The molecule has 0 spiro atoms. The van der Waals surface area contributed by atoms with Crippen LogP contribution in [0.15, 0.2) is 63.6 Å². The summed E-state index contributed by atoms with van der Waals surface area (Å²) in [6, 6.07) is 13.2. The maximum absolute atomic E-state index is 9.21. The average Bonchev–Trinajstić information content (AvgIpc) is 3.01. The Morgan fingerprint density at radius 1 is 1.14 bits per heavy atom. The number of rotatable bonds is 1. The molecule has 0 aliphatic heterocycles. The van der Waals surface area contributed by atoms with E-state index in [0.29, 0.717) is 16.7 Å². The first-order valence-corrected chi connectivity index (χ1v) is 7.28. The highest BCUT2D eigenvalue weighted by Crippen LogP contribution is 2.26. The van der Waals surface area contributed by atoms with Crippen LogP contribution in [0.2, 0.25) is 0 Å². The number of hydrogen-bond donors (Lipinski definition) is 1. The lowest BCUT2D eigenvalue weighted by molar-refractivity contribution is 0.302. The minimum absolute atomic E-state index is 0.471. The van der Waals surface area contributed by atoms with Crippen LogP contribution >= 0.6 is 11.3 Å². The lowest BCUT2D eigenvalue weighted by Gasteiger charge is -2.03. The lowest BCUT2D eigenvalue weighted by atomic mass is 10.2. The van der Waals surface area contributed by atoms with E-state index in [4.69, 9.17) is 4.42 Å². The first-order chi connectivity index (χ1) is 10.3. The molecule has 3 aromatic heterocycles. The summed E-state index contributed by atoms with van der Waals surface area (Å²) in [5.74, 6) is 0.578. The molecule has 3 heterocycles. The van der Waals surface area contributed by atoms with Gasteiger partial charge in [0.15, 0.2) is 5.76 Å². The normalized spacial score (nSPS) is 12.3. The summed E-state index contributed by atoms with van der Waals surface area (Å²) in [5, 5.41) is 16.9. The summed E-state index contributed by atoms with van der Waals surface area (Å²) in [5.41, 5.74) is 1.38. The Bertz CT molecular complexity index is 1020. The third-order valence-electron chi connectivity index (χ3n) is 3.35. The van der Waals surface area contributed by atoms with Crippen molar-refractivity contribution in [3.05, 3.63) is 59.4 Å². The van der Waals surface area contributed by atoms with Crippen molar-refractivity contribution in [2.45, 2.75) is 0 Å². The zero-order valence-electron chi connectivity index (χ0n) is 10.9. The molecule has 0 saturated carbocycles. The molecule has 0 saturated heterocycles. The molecule has 0 fully saturated rings. The molecular formula is C16H10N2O2S. The van der Waals surface area contributed by atoms with Gasteiger partial charge >= 0.3 is 0 Å². The van der Waals surface area contributed by atoms with Gasteiger partial charge in [-0.05, 0) is 35.0 Å². The third-order valence-corrected chi connectivity index (χ3v) is 4.22. The monoisotopic (exact) mass is 294 g/mol. The van der Waals surface area contributed by atoms with E-state index in [1.807, 2.05) is 48.0 Å². The second-order valence-corrected chi connectivity index (χ2v) is 5.57. The van der Waals surface area contributed by atoms with Crippen molar-refractivity contribution in [3.8, 4) is 11.5 Å². The number of thiophene rings is 1. The molecule has 4 aromatic rings. The second-order valence-electron chi connectivity index (χ2n) is 4.62. The number of pyridine rings is 1. The fourth-order valence-electron chi connectivity index (χ4n) is 2.33. The molecular weight excluding hydrogens is 284 g/mol. The van der Waals surface area contributed by atoms with Crippen LogP contribution in [-0.2, 0) is 0 Å². The Hall–Kier alpha value is -2.66. The van der Waals surface area contributed by atoms with E-state index in [1.54, 1.807) is 17.4 Å². The van der Waals surface area contributed by atoms with Gasteiger partial charge in [-0.25, -0.2) is 0 Å². The lowest BCUT2D eigenvalue weighted by Crippen LogP contribution is -2.03. The highest BCUT2D eigenvalue weighted by molar-refractivity contribution is 7.17. The third kappa shape index (κ3) is 1.98. The van der Waals surface area contributed by atoms with Gasteiger partial charge in [-0.3, -0.25) is 4.98 Å². The fraction of sp³-hybridized carbons (Fsp3) is 0. The first kappa shape index (κ1) is 12.1. The standard InChI is InChI=1S/C16H10N2O2S/c19-18-12-8-15(20-14-4-2-1-3-11(12)14)13-7-10-5-6-21-16(10)9-17-13/h1-9,19H/b18-12+. The van der Waals surface area contributed by atoms with Gasteiger partial charge in [0.05, 0.1) is 4.70 Å². The summed E-state index contributed by atoms with van der Waals surface area (Å²) in [6.07, 6.45) is 1.83. The Balaban J connectivity index is 2.01. The topological polar surface area (TPSA) is 58.6 Å². The minimum atomic E-state index is 0.471. The molecule has 5 heteroatoms. The van der Waals surface area contributed by atoms with E-state index < -0.39 is 0 Å². The van der Waals surface area contributed by atoms with Gasteiger partial charge in [-0.15, -0.1) is 11.3 Å². The highest BCUT2D eigenvalue weighted by Gasteiger charge is 2.08. The van der Waals surface area contributed by atoms with Crippen molar-refractivity contribution in [1.82, 2.24) is 4.98 Å². The predicted molar refractivity (Wildman–Crippen MR) is 82.2 cm³/mol. The van der Waals surface area contributed by atoms with E-state index >= 15 is 0 Å². The highest BCUT2D eigenvalue weighted by atomic mass is 32.1. The number of nitrogens with zero attached hydrogens (tertiary/aromatic N) is 2. The van der Waals surface area contributed by atoms with Gasteiger partial charge in [-0.2, -0.15) is 0 Å². The number of aromatic nitrogens is 1. The number of benzene rings is 1. The first-order valence-electron chi connectivity index (χ1n) is 6.40. The minimum Gasteiger partial charge on any atom is -0.454 e. The van der Waals surface area contributed by atoms with Gasteiger partial charge in [0.2, 0.25) is 0 Å².